The van der Waals surface area contributed by atoms with Gasteiger partial charge in [-0.15, -0.1) is 0 Å². The minimum absolute atomic E-state index is 0.0362. The van der Waals surface area contributed by atoms with Crippen LogP contribution in [0.1, 0.15) is 32.0 Å². The largest absolute Gasteiger partial charge is 0.422 e. The number of nitrogens with zero attached hydrogens (tertiary/aromatic N) is 1. The summed E-state index contributed by atoms with van der Waals surface area (Å²) < 4.78 is 46.1. The Morgan fingerprint density at radius 1 is 0.878 bits per heavy atom. The molecule has 1 heterocycles. The monoisotopic (exact) mass is 683 g/mol. The number of aromatic amines is 1. The number of rotatable bonds is 6. The van der Waals surface area contributed by atoms with Gasteiger partial charge in [0.1, 0.15) is 11.4 Å². The van der Waals surface area contributed by atoms with E-state index in [0.29, 0.717) is 21.3 Å². The molecule has 0 saturated heterocycles. The number of aromatic nitrogens is 1. The average molecular weight is 685 g/mol. The van der Waals surface area contributed by atoms with Gasteiger partial charge in [0.05, 0.1) is 17.3 Å². The van der Waals surface area contributed by atoms with E-state index in [2.05, 4.69) is 47.4 Å². The third kappa shape index (κ3) is 6.41. The van der Waals surface area contributed by atoms with Gasteiger partial charge in [0.2, 0.25) is 0 Å². The van der Waals surface area contributed by atoms with E-state index in [9.17, 15) is 22.8 Å². The van der Waals surface area contributed by atoms with Crippen LogP contribution in [0.5, 0.6) is 5.75 Å². The molecule has 11 heteroatoms. The smallest absolute Gasteiger partial charge is 0.416 e. The quantitative estimate of drug-likeness (QED) is 0.0816. The summed E-state index contributed by atoms with van der Waals surface area (Å²) in [6, 6.07) is 23.7. The van der Waals surface area contributed by atoms with Crippen molar-refractivity contribution in [2.24, 2.45) is 5.10 Å². The van der Waals surface area contributed by atoms with Crippen molar-refractivity contribution in [2.45, 2.75) is 6.18 Å². The Balaban J connectivity index is 1.40. The number of esters is 1. The van der Waals surface area contributed by atoms with E-state index < -0.39 is 23.6 Å². The zero-order chi connectivity index (χ0) is 29.1. The van der Waals surface area contributed by atoms with Crippen molar-refractivity contribution in [3.63, 3.8) is 0 Å². The first-order valence-corrected chi connectivity index (χ1v) is 13.6. The highest BCUT2D eigenvalue weighted by molar-refractivity contribution is 9.10. The van der Waals surface area contributed by atoms with Crippen molar-refractivity contribution in [1.82, 2.24) is 10.4 Å². The molecule has 0 fully saturated rings. The maximum Gasteiger partial charge on any atom is 0.416 e. The molecule has 0 aliphatic rings. The van der Waals surface area contributed by atoms with Gasteiger partial charge in [-0.2, -0.15) is 18.3 Å². The minimum atomic E-state index is -4.61. The third-order valence-electron chi connectivity index (χ3n) is 6.02. The Labute approximate surface area is 248 Å². The molecule has 41 heavy (non-hydrogen) atoms. The second kappa shape index (κ2) is 11.7. The molecular weight excluding hydrogens is 667 g/mol. The summed E-state index contributed by atoms with van der Waals surface area (Å²) in [4.78, 5) is 29.1. The van der Waals surface area contributed by atoms with E-state index in [1.54, 1.807) is 12.1 Å². The van der Waals surface area contributed by atoms with Crippen LogP contribution >= 0.6 is 31.9 Å². The molecule has 1 amide bonds. The normalized spacial score (nSPS) is 11.6. The lowest BCUT2D eigenvalue weighted by Gasteiger charge is -2.10. The predicted molar refractivity (Wildman–Crippen MR) is 157 cm³/mol. The predicted octanol–water partition coefficient (Wildman–Crippen LogP) is 8.36. The molecule has 0 radical (unpaired) electrons. The van der Waals surface area contributed by atoms with E-state index in [1.165, 1.54) is 18.3 Å². The number of hydrogen-bond acceptors (Lipinski definition) is 4. The van der Waals surface area contributed by atoms with Crippen molar-refractivity contribution >= 4 is 60.9 Å². The van der Waals surface area contributed by atoms with E-state index >= 15 is 0 Å². The van der Waals surface area contributed by atoms with Crippen molar-refractivity contribution in [3.05, 3.63) is 122 Å². The second-order valence-corrected chi connectivity index (χ2v) is 10.6. The molecule has 0 spiro atoms. The van der Waals surface area contributed by atoms with Crippen LogP contribution in [-0.2, 0) is 6.18 Å². The zero-order valence-electron chi connectivity index (χ0n) is 20.8. The van der Waals surface area contributed by atoms with Crippen LogP contribution in [0.25, 0.3) is 22.0 Å². The van der Waals surface area contributed by atoms with Crippen molar-refractivity contribution in [2.75, 3.05) is 0 Å². The number of carbonyl (C=O) groups excluding carboxylic acids is 2. The number of benzene rings is 4. The lowest BCUT2D eigenvalue weighted by molar-refractivity contribution is -0.137. The number of hydrogen-bond donors (Lipinski definition) is 2. The van der Waals surface area contributed by atoms with Crippen LogP contribution < -0.4 is 10.2 Å². The van der Waals surface area contributed by atoms with Crippen molar-refractivity contribution < 1.29 is 27.5 Å². The standard InChI is InChI=1S/C30H18Br2F3N3O3/c31-21-10-12-25(41-29(40)18-7-4-8-20(13-18)30(33,34)35)19(14-21)16-36-38-28(39)27-26(17-5-2-1-3-6-17)23-15-22(32)9-11-24(23)37-27/h1-16,37H,(H,38,39). The van der Waals surface area contributed by atoms with Crippen LogP contribution in [-0.4, -0.2) is 23.1 Å². The van der Waals surface area contributed by atoms with Gasteiger partial charge in [-0.3, -0.25) is 4.79 Å². The highest BCUT2D eigenvalue weighted by Gasteiger charge is 2.31. The van der Waals surface area contributed by atoms with Crippen LogP contribution in [0.15, 0.2) is 105 Å². The molecule has 0 atom stereocenters. The van der Waals surface area contributed by atoms with Crippen LogP contribution in [0.2, 0.25) is 0 Å². The highest BCUT2D eigenvalue weighted by atomic mass is 79.9. The van der Waals surface area contributed by atoms with Gasteiger partial charge in [0.25, 0.3) is 5.91 Å². The summed E-state index contributed by atoms with van der Waals surface area (Å²) in [5, 5.41) is 4.90. The Morgan fingerprint density at radius 3 is 2.37 bits per heavy atom. The second-order valence-electron chi connectivity index (χ2n) is 8.78. The molecule has 0 bridgehead atoms. The highest BCUT2D eigenvalue weighted by Crippen LogP contribution is 2.34. The molecule has 4 aromatic carbocycles. The molecule has 6 nitrogen and oxygen atoms in total. The lowest BCUT2D eigenvalue weighted by Crippen LogP contribution is -2.19. The number of halogens is 5. The molecule has 0 aliphatic heterocycles. The summed E-state index contributed by atoms with van der Waals surface area (Å²) in [6.07, 6.45) is -3.33. The maximum atomic E-state index is 13.3. The molecule has 0 aliphatic carbocycles. The molecule has 2 N–H and O–H groups in total. The molecule has 5 aromatic rings. The molecule has 0 unspecified atom stereocenters. The number of amides is 1. The zero-order valence-corrected chi connectivity index (χ0v) is 24.0. The fourth-order valence-electron chi connectivity index (χ4n) is 4.15. The average Bonchev–Trinajstić information content (AvgIpc) is 3.33. The number of fused-ring (bicyclic) bond motifs is 1. The number of carbonyl (C=O) groups is 2. The van der Waals surface area contributed by atoms with Gasteiger partial charge >= 0.3 is 12.1 Å². The lowest BCUT2D eigenvalue weighted by atomic mass is 10.0. The van der Waals surface area contributed by atoms with Crippen LogP contribution in [0.4, 0.5) is 13.2 Å². The van der Waals surface area contributed by atoms with Crippen LogP contribution in [0.3, 0.4) is 0 Å². The molecule has 5 rings (SSSR count). The third-order valence-corrected chi connectivity index (χ3v) is 7.01. The van der Waals surface area contributed by atoms with E-state index in [0.717, 1.165) is 39.1 Å². The molecule has 1 aromatic heterocycles. The van der Waals surface area contributed by atoms with Gasteiger partial charge in [-0.1, -0.05) is 68.3 Å². The number of nitrogens with one attached hydrogen (secondary N) is 2. The van der Waals surface area contributed by atoms with Crippen LogP contribution in [0, 0.1) is 0 Å². The fraction of sp³-hybridized carbons (Fsp3) is 0.0333. The molecule has 206 valence electrons. The number of ether oxygens (including phenoxy) is 1. The topological polar surface area (TPSA) is 83.5 Å². The first kappa shape index (κ1) is 28.3. The maximum absolute atomic E-state index is 13.3. The number of hydrazone groups is 1. The summed E-state index contributed by atoms with van der Waals surface area (Å²) in [5.41, 5.74) is 4.15. The van der Waals surface area contributed by atoms with Crippen molar-refractivity contribution in [3.8, 4) is 16.9 Å². The number of H-pyrrole nitrogens is 1. The Hall–Kier alpha value is -4.22. The minimum Gasteiger partial charge on any atom is -0.422 e. The van der Waals surface area contributed by atoms with Gasteiger partial charge in [-0.05, 0) is 60.2 Å². The Bertz CT molecular complexity index is 1800. The first-order valence-electron chi connectivity index (χ1n) is 12.0. The molecular formula is C30H18Br2F3N3O3. The Kier molecular flexibility index (Phi) is 8.09. The molecule has 0 saturated carbocycles. The van der Waals surface area contributed by atoms with E-state index in [1.807, 2.05) is 48.5 Å². The SMILES string of the molecule is O=C(Oc1ccc(Br)cc1C=NNC(=O)c1[nH]c2ccc(Br)cc2c1-c1ccccc1)c1cccc(C(F)(F)F)c1. The van der Waals surface area contributed by atoms with E-state index in [-0.39, 0.29) is 11.3 Å². The van der Waals surface area contributed by atoms with Crippen molar-refractivity contribution in [1.29, 1.82) is 0 Å². The summed E-state index contributed by atoms with van der Waals surface area (Å²) in [7, 11) is 0. The summed E-state index contributed by atoms with van der Waals surface area (Å²) in [6.45, 7) is 0. The van der Waals surface area contributed by atoms with Gasteiger partial charge in [0.15, 0.2) is 0 Å². The summed E-state index contributed by atoms with van der Waals surface area (Å²) >= 11 is 6.82. The van der Waals surface area contributed by atoms with E-state index in [4.69, 9.17) is 4.74 Å². The van der Waals surface area contributed by atoms with Gasteiger partial charge < -0.3 is 9.72 Å². The van der Waals surface area contributed by atoms with Gasteiger partial charge in [-0.25, -0.2) is 10.2 Å². The fourth-order valence-corrected chi connectivity index (χ4v) is 4.89. The first-order chi connectivity index (χ1) is 19.6. The number of alkyl halides is 3. The summed E-state index contributed by atoms with van der Waals surface area (Å²) in [5.74, 6) is -1.45. The van der Waals surface area contributed by atoms with Gasteiger partial charge in [0, 0.05) is 31.0 Å². The Morgan fingerprint density at radius 2 is 1.61 bits per heavy atom.